The van der Waals surface area contributed by atoms with E-state index in [0.717, 1.165) is 68.1 Å². The number of methoxy groups -OCH3 is 2. The number of piperidine rings is 1. The lowest BCUT2D eigenvalue weighted by Crippen LogP contribution is -2.43. The van der Waals surface area contributed by atoms with Crippen molar-refractivity contribution in [3.8, 4) is 11.5 Å². The van der Waals surface area contributed by atoms with Gasteiger partial charge in [0.05, 0.1) is 14.2 Å². The number of hydrogen-bond acceptors (Lipinski definition) is 4. The predicted octanol–water partition coefficient (Wildman–Crippen LogP) is 4.46. The van der Waals surface area contributed by atoms with Crippen LogP contribution in [0.3, 0.4) is 0 Å². The maximum atomic E-state index is 13.3. The molecule has 2 aliphatic rings. The second-order valence-corrected chi connectivity index (χ2v) is 9.44. The first-order chi connectivity index (χ1) is 16.6. The third kappa shape index (κ3) is 4.67. The number of ether oxygens (including phenoxy) is 2. The number of imidazole rings is 1. The van der Waals surface area contributed by atoms with Gasteiger partial charge in [-0.2, -0.15) is 0 Å². The molecule has 5 rings (SSSR count). The average molecular weight is 460 g/mol. The third-order valence-electron chi connectivity index (χ3n) is 7.38. The summed E-state index contributed by atoms with van der Waals surface area (Å²) in [6.45, 7) is 2.33. The van der Waals surface area contributed by atoms with Crippen LogP contribution in [0.15, 0.2) is 54.9 Å². The second kappa shape index (κ2) is 9.92. The van der Waals surface area contributed by atoms with Gasteiger partial charge in [0.15, 0.2) is 0 Å². The zero-order chi connectivity index (χ0) is 23.5. The molecule has 1 unspecified atom stereocenters. The number of hydrogen-bond donors (Lipinski definition) is 0. The third-order valence-corrected chi connectivity index (χ3v) is 7.38. The van der Waals surface area contributed by atoms with Gasteiger partial charge in [0.1, 0.15) is 17.3 Å². The molecular weight excluding hydrogens is 426 g/mol. The Kier molecular flexibility index (Phi) is 6.57. The van der Waals surface area contributed by atoms with Gasteiger partial charge in [-0.3, -0.25) is 4.79 Å². The van der Waals surface area contributed by atoms with Crippen molar-refractivity contribution in [1.29, 1.82) is 0 Å². The van der Waals surface area contributed by atoms with Crippen LogP contribution in [0, 0.1) is 5.92 Å². The van der Waals surface area contributed by atoms with Crippen LogP contribution >= 0.6 is 0 Å². The molecule has 0 bridgehead atoms. The molecule has 34 heavy (non-hydrogen) atoms. The molecule has 1 aliphatic carbocycles. The van der Waals surface area contributed by atoms with Gasteiger partial charge in [-0.05, 0) is 60.9 Å². The van der Waals surface area contributed by atoms with Crippen LogP contribution in [0.2, 0.25) is 0 Å². The zero-order valence-electron chi connectivity index (χ0n) is 20.1. The second-order valence-electron chi connectivity index (χ2n) is 9.44. The number of fused-ring (bicyclic) bond motifs is 1. The van der Waals surface area contributed by atoms with Crippen molar-refractivity contribution in [1.82, 2.24) is 14.5 Å². The summed E-state index contributed by atoms with van der Waals surface area (Å²) in [6, 6.07) is 14.5. The molecule has 1 aromatic heterocycles. The minimum Gasteiger partial charge on any atom is -0.497 e. The number of carbonyl (C=O) groups excluding carboxylic acids is 1. The van der Waals surface area contributed by atoms with E-state index in [1.807, 2.05) is 30.6 Å². The molecule has 1 aliphatic heterocycles. The van der Waals surface area contributed by atoms with Gasteiger partial charge in [-0.25, -0.2) is 4.98 Å². The fraction of sp³-hybridized carbons (Fsp3) is 0.429. The van der Waals surface area contributed by atoms with Crippen molar-refractivity contribution in [2.24, 2.45) is 5.92 Å². The van der Waals surface area contributed by atoms with Crippen LogP contribution in [-0.4, -0.2) is 47.7 Å². The Bertz CT molecular complexity index is 1130. The minimum atomic E-state index is 0.122. The molecule has 1 fully saturated rings. The van der Waals surface area contributed by atoms with E-state index in [1.54, 1.807) is 14.2 Å². The molecule has 2 heterocycles. The van der Waals surface area contributed by atoms with E-state index in [-0.39, 0.29) is 5.92 Å². The van der Waals surface area contributed by atoms with Crippen molar-refractivity contribution in [3.05, 3.63) is 77.4 Å². The van der Waals surface area contributed by atoms with E-state index < -0.39 is 0 Å². The highest BCUT2D eigenvalue weighted by molar-refractivity contribution is 5.79. The maximum absolute atomic E-state index is 13.3. The van der Waals surface area contributed by atoms with Crippen LogP contribution < -0.4 is 9.47 Å². The van der Waals surface area contributed by atoms with E-state index in [9.17, 15) is 4.79 Å². The van der Waals surface area contributed by atoms with Crippen molar-refractivity contribution in [2.75, 3.05) is 27.3 Å². The van der Waals surface area contributed by atoms with Crippen LogP contribution in [0.5, 0.6) is 11.5 Å². The van der Waals surface area contributed by atoms with Crippen molar-refractivity contribution in [3.63, 3.8) is 0 Å². The molecule has 0 N–H and O–H groups in total. The number of amides is 1. The molecule has 178 valence electrons. The number of carbonyl (C=O) groups is 1. The summed E-state index contributed by atoms with van der Waals surface area (Å²) >= 11 is 0. The van der Waals surface area contributed by atoms with Gasteiger partial charge in [-0.1, -0.05) is 24.3 Å². The molecule has 3 aromatic rings. The van der Waals surface area contributed by atoms with Gasteiger partial charge in [0.25, 0.3) is 0 Å². The van der Waals surface area contributed by atoms with E-state index in [4.69, 9.17) is 14.5 Å². The average Bonchev–Trinajstić information content (AvgIpc) is 3.35. The van der Waals surface area contributed by atoms with Crippen LogP contribution in [0.4, 0.5) is 0 Å². The summed E-state index contributed by atoms with van der Waals surface area (Å²) in [5.41, 5.74) is 3.87. The summed E-state index contributed by atoms with van der Waals surface area (Å²) in [7, 11) is 3.34. The Hall–Kier alpha value is -3.28. The molecule has 0 radical (unpaired) electrons. The normalized spacial score (nSPS) is 18.4. The Morgan fingerprint density at radius 2 is 1.71 bits per heavy atom. The van der Waals surface area contributed by atoms with Gasteiger partial charge in [-0.15, -0.1) is 0 Å². The van der Waals surface area contributed by atoms with Crippen LogP contribution in [0.1, 0.15) is 47.7 Å². The summed E-state index contributed by atoms with van der Waals surface area (Å²) in [5.74, 6) is 3.48. The van der Waals surface area contributed by atoms with E-state index in [1.165, 1.54) is 11.1 Å². The SMILES string of the molecule is COc1cc(Cn2ccnc2C2CCN(C(=O)C3CCc4ccccc4C3)CC2)cc(OC)c1. The lowest BCUT2D eigenvalue weighted by molar-refractivity contribution is -0.137. The number of aryl methyl sites for hydroxylation is 1. The molecular formula is C28H33N3O3. The van der Waals surface area contributed by atoms with Crippen molar-refractivity contribution < 1.29 is 14.3 Å². The first kappa shape index (κ1) is 22.5. The number of rotatable bonds is 6. The first-order valence-corrected chi connectivity index (χ1v) is 12.2. The largest absolute Gasteiger partial charge is 0.497 e. The van der Waals surface area contributed by atoms with Crippen molar-refractivity contribution in [2.45, 2.75) is 44.6 Å². The summed E-state index contributed by atoms with van der Waals surface area (Å²) < 4.78 is 13.1. The quantitative estimate of drug-likeness (QED) is 0.546. The Labute approximate surface area is 201 Å². The van der Waals surface area contributed by atoms with E-state index in [2.05, 4.69) is 33.7 Å². The molecule has 1 saturated heterocycles. The van der Waals surface area contributed by atoms with Crippen LogP contribution in [-0.2, 0) is 24.2 Å². The molecule has 0 saturated carbocycles. The standard InChI is InChI=1S/C28H33N3O3/c1-33-25-15-20(16-26(18-25)34-2)19-31-14-11-29-27(31)22-9-12-30(13-10-22)28(32)24-8-7-21-5-3-4-6-23(21)17-24/h3-6,11,14-16,18,22,24H,7-10,12-13,17,19H2,1-2H3. The lowest BCUT2D eigenvalue weighted by atomic mass is 9.82. The molecule has 1 amide bonds. The Balaban J connectivity index is 1.22. The Morgan fingerprint density at radius 1 is 1.00 bits per heavy atom. The predicted molar refractivity (Wildman–Crippen MR) is 131 cm³/mol. The van der Waals surface area contributed by atoms with Crippen molar-refractivity contribution >= 4 is 5.91 Å². The highest BCUT2D eigenvalue weighted by atomic mass is 16.5. The highest BCUT2D eigenvalue weighted by Gasteiger charge is 2.32. The summed E-state index contributed by atoms with van der Waals surface area (Å²) in [6.07, 6.45) is 8.67. The van der Waals surface area contributed by atoms with E-state index >= 15 is 0 Å². The number of likely N-dealkylation sites (tertiary alicyclic amines) is 1. The van der Waals surface area contributed by atoms with Gasteiger partial charge < -0.3 is 18.9 Å². The van der Waals surface area contributed by atoms with E-state index in [0.29, 0.717) is 18.4 Å². The minimum absolute atomic E-state index is 0.122. The summed E-state index contributed by atoms with van der Waals surface area (Å²) in [4.78, 5) is 20.1. The fourth-order valence-corrected chi connectivity index (χ4v) is 5.49. The fourth-order valence-electron chi connectivity index (χ4n) is 5.49. The number of aromatic nitrogens is 2. The van der Waals surface area contributed by atoms with Gasteiger partial charge >= 0.3 is 0 Å². The number of benzene rings is 2. The first-order valence-electron chi connectivity index (χ1n) is 12.2. The van der Waals surface area contributed by atoms with Gasteiger partial charge in [0, 0.05) is 49.9 Å². The lowest BCUT2D eigenvalue weighted by Gasteiger charge is -2.35. The summed E-state index contributed by atoms with van der Waals surface area (Å²) in [5, 5.41) is 0. The molecule has 0 spiro atoms. The molecule has 6 nitrogen and oxygen atoms in total. The van der Waals surface area contributed by atoms with Gasteiger partial charge in [0.2, 0.25) is 5.91 Å². The monoisotopic (exact) mass is 459 g/mol. The molecule has 2 aromatic carbocycles. The Morgan fingerprint density at radius 3 is 2.41 bits per heavy atom. The topological polar surface area (TPSA) is 56.6 Å². The number of nitrogens with zero attached hydrogens (tertiary/aromatic N) is 3. The smallest absolute Gasteiger partial charge is 0.226 e. The van der Waals surface area contributed by atoms with Crippen LogP contribution in [0.25, 0.3) is 0 Å². The molecule has 6 heteroatoms. The molecule has 1 atom stereocenters. The highest BCUT2D eigenvalue weighted by Crippen LogP contribution is 2.32. The zero-order valence-corrected chi connectivity index (χ0v) is 20.1. The maximum Gasteiger partial charge on any atom is 0.226 e.